The average molecular weight is 152 g/mol. The molecule has 64 valence electrons. The summed E-state index contributed by atoms with van der Waals surface area (Å²) in [5, 5.41) is 0. The number of rotatable bonds is 3. The predicted molar refractivity (Wildman–Crippen MR) is 52.6 cm³/mol. The first-order valence-corrected chi connectivity index (χ1v) is 4.27. The number of hydrogen-bond donors (Lipinski definition) is 0. The molecule has 0 heterocycles. The lowest BCUT2D eigenvalue weighted by atomic mass is 9.88. The van der Waals surface area contributed by atoms with Gasteiger partial charge in [0.1, 0.15) is 0 Å². The molecule has 0 atom stereocenters. The van der Waals surface area contributed by atoms with Gasteiger partial charge in [-0.1, -0.05) is 45.1 Å². The van der Waals surface area contributed by atoms with Crippen LogP contribution in [0.15, 0.2) is 24.3 Å². The Bertz CT molecular complexity index is 144. The molecule has 0 aliphatic carbocycles. The molecule has 0 aromatic carbocycles. The first-order valence-electron chi connectivity index (χ1n) is 4.27. The second-order valence-corrected chi connectivity index (χ2v) is 4.13. The number of allylic oxidation sites excluding steroid dienone is 3. The molecular formula is C11H20. The van der Waals surface area contributed by atoms with Gasteiger partial charge in [0.05, 0.1) is 0 Å². The van der Waals surface area contributed by atoms with E-state index in [0.717, 1.165) is 6.42 Å². The van der Waals surface area contributed by atoms with Crippen LogP contribution in [0.2, 0.25) is 0 Å². The first-order chi connectivity index (χ1) is 4.99. The smallest absolute Gasteiger partial charge is 0.0277 e. The minimum Gasteiger partial charge on any atom is -0.0988 e. The van der Waals surface area contributed by atoms with Gasteiger partial charge in [-0.05, 0) is 25.2 Å². The van der Waals surface area contributed by atoms with Crippen LogP contribution in [0.1, 0.15) is 40.5 Å². The van der Waals surface area contributed by atoms with E-state index in [1.54, 1.807) is 0 Å². The van der Waals surface area contributed by atoms with Crippen LogP contribution >= 0.6 is 0 Å². The Labute approximate surface area is 71.0 Å². The zero-order valence-electron chi connectivity index (χ0n) is 8.28. The van der Waals surface area contributed by atoms with Gasteiger partial charge in [-0.15, -0.1) is 0 Å². The Morgan fingerprint density at radius 2 is 1.91 bits per heavy atom. The Balaban J connectivity index is 3.79. The Hall–Kier alpha value is -0.520. The largest absolute Gasteiger partial charge is 0.0988 e. The Kier molecular flexibility index (Phi) is 4.17. The predicted octanol–water partition coefficient (Wildman–Crippen LogP) is 3.95. The molecule has 11 heavy (non-hydrogen) atoms. The summed E-state index contributed by atoms with van der Waals surface area (Å²) in [6.07, 6.45) is 6.48. The molecule has 0 aromatic heterocycles. The van der Waals surface area contributed by atoms with E-state index in [2.05, 4.69) is 40.3 Å². The zero-order chi connectivity index (χ0) is 8.91. The summed E-state index contributed by atoms with van der Waals surface area (Å²) < 4.78 is 0. The average Bonchev–Trinajstić information content (AvgIpc) is 1.88. The molecule has 0 unspecified atom stereocenters. The monoisotopic (exact) mass is 152 g/mol. The van der Waals surface area contributed by atoms with E-state index in [9.17, 15) is 0 Å². The lowest BCUT2D eigenvalue weighted by molar-refractivity contribution is 0.379. The van der Waals surface area contributed by atoms with Gasteiger partial charge < -0.3 is 0 Å². The second-order valence-electron chi connectivity index (χ2n) is 4.13. The normalized spacial score (nSPS) is 13.3. The molecule has 0 aliphatic heterocycles. The molecule has 0 fully saturated rings. The third-order valence-corrected chi connectivity index (χ3v) is 1.80. The van der Waals surface area contributed by atoms with Crippen molar-refractivity contribution in [3.8, 4) is 0 Å². The molecule has 0 aliphatic rings. The van der Waals surface area contributed by atoms with Crippen LogP contribution < -0.4 is 0 Å². The molecule has 0 bridgehead atoms. The number of hydrogen-bond acceptors (Lipinski definition) is 0. The molecule has 0 aromatic rings. The fraction of sp³-hybridized carbons (Fsp3) is 0.636. The molecule has 0 saturated heterocycles. The minimum atomic E-state index is 0.442. The maximum atomic E-state index is 3.76. The minimum absolute atomic E-state index is 0.442. The van der Waals surface area contributed by atoms with E-state index in [-0.39, 0.29) is 0 Å². The van der Waals surface area contributed by atoms with Crippen LogP contribution in [0, 0.1) is 5.41 Å². The van der Waals surface area contributed by atoms with Gasteiger partial charge in [-0.2, -0.15) is 0 Å². The van der Waals surface area contributed by atoms with Gasteiger partial charge in [0.2, 0.25) is 0 Å². The third kappa shape index (κ3) is 5.90. The highest BCUT2D eigenvalue weighted by molar-refractivity contribution is 5.14. The van der Waals surface area contributed by atoms with E-state index in [0.29, 0.717) is 5.41 Å². The molecule has 0 radical (unpaired) electrons. The highest BCUT2D eigenvalue weighted by atomic mass is 14.1. The summed E-state index contributed by atoms with van der Waals surface area (Å²) in [5.41, 5.74) is 1.80. The molecule has 0 rings (SSSR count). The van der Waals surface area contributed by atoms with Crippen molar-refractivity contribution in [1.29, 1.82) is 0 Å². The van der Waals surface area contributed by atoms with Crippen molar-refractivity contribution in [3.05, 3.63) is 24.3 Å². The topological polar surface area (TPSA) is 0 Å². The van der Waals surface area contributed by atoms with Crippen molar-refractivity contribution in [3.63, 3.8) is 0 Å². The highest BCUT2D eigenvalue weighted by Gasteiger charge is 2.09. The molecule has 0 nitrogen and oxygen atoms in total. The van der Waals surface area contributed by atoms with Crippen LogP contribution in [0.25, 0.3) is 0 Å². The van der Waals surface area contributed by atoms with Gasteiger partial charge in [0, 0.05) is 0 Å². The highest BCUT2D eigenvalue weighted by Crippen LogP contribution is 2.23. The van der Waals surface area contributed by atoms with Crippen molar-refractivity contribution in [2.24, 2.45) is 5.41 Å². The molecule has 0 saturated carbocycles. The maximum absolute atomic E-state index is 3.76. The van der Waals surface area contributed by atoms with Crippen LogP contribution in [0.4, 0.5) is 0 Å². The van der Waals surface area contributed by atoms with Crippen molar-refractivity contribution in [2.45, 2.75) is 40.5 Å². The van der Waals surface area contributed by atoms with E-state index in [1.807, 2.05) is 6.08 Å². The fourth-order valence-electron chi connectivity index (χ4n) is 0.884. The summed E-state index contributed by atoms with van der Waals surface area (Å²) in [4.78, 5) is 0. The summed E-state index contributed by atoms with van der Waals surface area (Å²) in [6, 6.07) is 0. The van der Waals surface area contributed by atoms with Gasteiger partial charge >= 0.3 is 0 Å². The Morgan fingerprint density at radius 3 is 2.18 bits per heavy atom. The summed E-state index contributed by atoms with van der Waals surface area (Å²) in [5.74, 6) is 0. The van der Waals surface area contributed by atoms with E-state index < -0.39 is 0 Å². The van der Waals surface area contributed by atoms with Crippen LogP contribution in [-0.2, 0) is 0 Å². The van der Waals surface area contributed by atoms with Crippen LogP contribution in [0.5, 0.6) is 0 Å². The van der Waals surface area contributed by atoms with Crippen molar-refractivity contribution in [2.75, 3.05) is 0 Å². The zero-order valence-corrected chi connectivity index (χ0v) is 8.28. The second kappa shape index (κ2) is 4.38. The first kappa shape index (κ1) is 10.5. The van der Waals surface area contributed by atoms with Crippen LogP contribution in [-0.4, -0.2) is 0 Å². The summed E-state index contributed by atoms with van der Waals surface area (Å²) in [6.45, 7) is 12.6. The van der Waals surface area contributed by atoms with E-state index >= 15 is 0 Å². The van der Waals surface area contributed by atoms with E-state index in [4.69, 9.17) is 0 Å². The van der Waals surface area contributed by atoms with Gasteiger partial charge in [0.25, 0.3) is 0 Å². The van der Waals surface area contributed by atoms with Crippen molar-refractivity contribution in [1.82, 2.24) is 0 Å². The maximum Gasteiger partial charge on any atom is -0.0277 e. The SMILES string of the molecule is C=CC(=CC)CCC(C)(C)C. The summed E-state index contributed by atoms with van der Waals surface area (Å²) in [7, 11) is 0. The molecule has 0 N–H and O–H groups in total. The fourth-order valence-corrected chi connectivity index (χ4v) is 0.884. The van der Waals surface area contributed by atoms with Gasteiger partial charge in [-0.3, -0.25) is 0 Å². The van der Waals surface area contributed by atoms with Crippen molar-refractivity contribution >= 4 is 0 Å². The quantitative estimate of drug-likeness (QED) is 0.537. The lowest BCUT2D eigenvalue weighted by Gasteiger charge is -2.17. The van der Waals surface area contributed by atoms with E-state index in [1.165, 1.54) is 12.0 Å². The van der Waals surface area contributed by atoms with Crippen LogP contribution in [0.3, 0.4) is 0 Å². The lowest BCUT2D eigenvalue weighted by Crippen LogP contribution is -2.04. The molecule has 0 amide bonds. The molecular weight excluding hydrogens is 132 g/mol. The Morgan fingerprint density at radius 1 is 1.36 bits per heavy atom. The third-order valence-electron chi connectivity index (χ3n) is 1.80. The standard InChI is InChI=1S/C11H20/c1-6-10(7-2)8-9-11(3,4)5/h6-7H,1,8-9H2,2-5H3. The van der Waals surface area contributed by atoms with Gasteiger partial charge in [0.15, 0.2) is 0 Å². The molecule has 0 heteroatoms. The summed E-state index contributed by atoms with van der Waals surface area (Å²) >= 11 is 0. The molecule has 0 spiro atoms. The van der Waals surface area contributed by atoms with Crippen molar-refractivity contribution < 1.29 is 0 Å². The van der Waals surface area contributed by atoms with Gasteiger partial charge in [-0.25, -0.2) is 0 Å².